The molecule has 6 nitrogen and oxygen atoms in total. The number of ether oxygens (including phenoxy) is 1. The van der Waals surface area contributed by atoms with Gasteiger partial charge in [0.1, 0.15) is 5.75 Å². The fourth-order valence-corrected chi connectivity index (χ4v) is 2.52. The first kappa shape index (κ1) is 17.1. The van der Waals surface area contributed by atoms with Crippen molar-refractivity contribution in [2.45, 2.75) is 26.9 Å². The van der Waals surface area contributed by atoms with E-state index < -0.39 is 0 Å². The van der Waals surface area contributed by atoms with Crippen molar-refractivity contribution in [1.82, 2.24) is 9.80 Å². The number of amides is 2. The average molecular weight is 319 g/mol. The van der Waals surface area contributed by atoms with Crippen molar-refractivity contribution < 1.29 is 14.3 Å². The molecule has 1 saturated heterocycles. The number of piperazine rings is 1. The molecule has 0 aliphatic carbocycles. The molecule has 1 fully saturated rings. The summed E-state index contributed by atoms with van der Waals surface area (Å²) >= 11 is 0. The van der Waals surface area contributed by atoms with Crippen molar-refractivity contribution in [1.29, 1.82) is 0 Å². The van der Waals surface area contributed by atoms with Crippen LogP contribution < -0.4 is 10.1 Å². The smallest absolute Gasteiger partial charge is 0.241 e. The van der Waals surface area contributed by atoms with E-state index in [-0.39, 0.29) is 24.5 Å². The Balaban J connectivity index is 1.87. The molecule has 0 spiro atoms. The first-order valence-corrected chi connectivity index (χ1v) is 8.00. The molecule has 1 aromatic rings. The summed E-state index contributed by atoms with van der Waals surface area (Å²) in [4.78, 5) is 27.2. The van der Waals surface area contributed by atoms with Gasteiger partial charge in [-0.05, 0) is 26.0 Å². The number of carbonyl (C=O) groups excluding carboxylic acids is 2. The predicted molar refractivity (Wildman–Crippen MR) is 89.5 cm³/mol. The Morgan fingerprint density at radius 3 is 2.35 bits per heavy atom. The predicted octanol–water partition coefficient (Wildman–Crippen LogP) is 1.58. The third-order valence-corrected chi connectivity index (χ3v) is 3.76. The topological polar surface area (TPSA) is 61.9 Å². The van der Waals surface area contributed by atoms with E-state index in [2.05, 4.69) is 5.32 Å². The summed E-state index contributed by atoms with van der Waals surface area (Å²) in [6.45, 7) is 8.10. The van der Waals surface area contributed by atoms with Gasteiger partial charge in [0.25, 0.3) is 0 Å². The lowest BCUT2D eigenvalue weighted by Gasteiger charge is -2.34. The average Bonchev–Trinajstić information content (AvgIpc) is 2.53. The number of carbonyl (C=O) groups is 2. The second kappa shape index (κ2) is 7.85. The number of benzene rings is 1. The molecule has 0 aromatic heterocycles. The zero-order valence-corrected chi connectivity index (χ0v) is 14.0. The van der Waals surface area contributed by atoms with Gasteiger partial charge in [0.2, 0.25) is 11.8 Å². The minimum atomic E-state index is 0.0348. The van der Waals surface area contributed by atoms with Crippen molar-refractivity contribution >= 4 is 17.5 Å². The molecule has 1 heterocycles. The van der Waals surface area contributed by atoms with Crippen molar-refractivity contribution in [3.8, 4) is 5.75 Å². The maximum absolute atomic E-state index is 12.3. The first-order chi connectivity index (χ1) is 11.0. The molecule has 6 heteroatoms. The van der Waals surface area contributed by atoms with Crippen LogP contribution in [-0.2, 0) is 9.59 Å². The summed E-state index contributed by atoms with van der Waals surface area (Å²) in [5.41, 5.74) is 0.817. The Hall–Kier alpha value is -2.24. The number of rotatable bonds is 5. The zero-order valence-electron chi connectivity index (χ0n) is 14.0. The Bertz CT molecular complexity index is 552. The van der Waals surface area contributed by atoms with E-state index in [1.807, 2.05) is 38.1 Å². The van der Waals surface area contributed by atoms with E-state index >= 15 is 0 Å². The van der Waals surface area contributed by atoms with Crippen molar-refractivity contribution in [3.63, 3.8) is 0 Å². The highest BCUT2D eigenvalue weighted by atomic mass is 16.5. The fraction of sp³-hybridized carbons (Fsp3) is 0.529. The number of anilines is 1. The molecule has 23 heavy (non-hydrogen) atoms. The van der Waals surface area contributed by atoms with Crippen LogP contribution in [0.4, 0.5) is 5.69 Å². The monoisotopic (exact) mass is 319 g/mol. The normalized spacial score (nSPS) is 14.8. The number of para-hydroxylation sites is 2. The van der Waals surface area contributed by atoms with Crippen LogP contribution in [0.2, 0.25) is 0 Å². The van der Waals surface area contributed by atoms with E-state index in [4.69, 9.17) is 4.74 Å². The van der Waals surface area contributed by atoms with Gasteiger partial charge in [0.05, 0.1) is 18.3 Å². The lowest BCUT2D eigenvalue weighted by atomic mass is 10.2. The number of hydrogen-bond acceptors (Lipinski definition) is 4. The van der Waals surface area contributed by atoms with Gasteiger partial charge in [-0.25, -0.2) is 0 Å². The second-order valence-corrected chi connectivity index (χ2v) is 5.90. The number of nitrogens with zero attached hydrogens (tertiary/aromatic N) is 2. The van der Waals surface area contributed by atoms with Gasteiger partial charge in [-0.15, -0.1) is 0 Å². The largest absolute Gasteiger partial charge is 0.489 e. The summed E-state index contributed by atoms with van der Waals surface area (Å²) in [5.74, 6) is 0.847. The van der Waals surface area contributed by atoms with Gasteiger partial charge in [0, 0.05) is 33.1 Å². The van der Waals surface area contributed by atoms with Crippen LogP contribution in [0.5, 0.6) is 5.75 Å². The van der Waals surface area contributed by atoms with E-state index in [1.165, 1.54) is 0 Å². The van der Waals surface area contributed by atoms with Crippen LogP contribution in [0.3, 0.4) is 0 Å². The zero-order chi connectivity index (χ0) is 16.8. The minimum Gasteiger partial charge on any atom is -0.489 e. The SMILES string of the molecule is CC(=O)N1CCN(C(=O)CNc2ccccc2OC(C)C)CC1. The highest BCUT2D eigenvalue weighted by Gasteiger charge is 2.22. The molecule has 0 radical (unpaired) electrons. The standard InChI is InChI=1S/C17H25N3O3/c1-13(2)23-16-7-5-4-6-15(16)18-12-17(22)20-10-8-19(9-11-20)14(3)21/h4-7,13,18H,8-12H2,1-3H3. The van der Waals surface area contributed by atoms with E-state index in [0.29, 0.717) is 26.2 Å². The molecular weight excluding hydrogens is 294 g/mol. The highest BCUT2D eigenvalue weighted by molar-refractivity contribution is 5.82. The van der Waals surface area contributed by atoms with Crippen molar-refractivity contribution in [2.75, 3.05) is 38.0 Å². The van der Waals surface area contributed by atoms with Gasteiger partial charge in [-0.2, -0.15) is 0 Å². The van der Waals surface area contributed by atoms with Gasteiger partial charge < -0.3 is 19.9 Å². The Kier molecular flexibility index (Phi) is 5.84. The van der Waals surface area contributed by atoms with Crippen LogP contribution in [0.25, 0.3) is 0 Å². The highest BCUT2D eigenvalue weighted by Crippen LogP contribution is 2.24. The summed E-state index contributed by atoms with van der Waals surface area (Å²) in [6, 6.07) is 7.61. The maximum Gasteiger partial charge on any atom is 0.241 e. The Morgan fingerprint density at radius 1 is 1.13 bits per heavy atom. The van der Waals surface area contributed by atoms with Crippen LogP contribution in [0.1, 0.15) is 20.8 Å². The van der Waals surface area contributed by atoms with Crippen molar-refractivity contribution in [3.05, 3.63) is 24.3 Å². The lowest BCUT2D eigenvalue weighted by molar-refractivity contribution is -0.137. The first-order valence-electron chi connectivity index (χ1n) is 8.00. The molecule has 2 rings (SSSR count). The maximum atomic E-state index is 12.3. The van der Waals surface area contributed by atoms with E-state index in [1.54, 1.807) is 16.7 Å². The van der Waals surface area contributed by atoms with Crippen molar-refractivity contribution in [2.24, 2.45) is 0 Å². The summed E-state index contributed by atoms with van der Waals surface area (Å²) in [5, 5.41) is 3.15. The molecule has 1 N–H and O–H groups in total. The quantitative estimate of drug-likeness (QED) is 0.895. The van der Waals surface area contributed by atoms with Gasteiger partial charge in [0.15, 0.2) is 0 Å². The van der Waals surface area contributed by atoms with E-state index in [0.717, 1.165) is 11.4 Å². The number of nitrogens with one attached hydrogen (secondary N) is 1. The molecule has 126 valence electrons. The van der Waals surface area contributed by atoms with Crippen LogP contribution in [-0.4, -0.2) is 60.4 Å². The molecule has 2 amide bonds. The lowest BCUT2D eigenvalue weighted by Crippen LogP contribution is -2.51. The molecule has 1 aromatic carbocycles. The second-order valence-electron chi connectivity index (χ2n) is 5.90. The third kappa shape index (κ3) is 4.87. The summed E-state index contributed by atoms with van der Waals surface area (Å²) < 4.78 is 5.73. The summed E-state index contributed by atoms with van der Waals surface area (Å²) in [7, 11) is 0. The third-order valence-electron chi connectivity index (χ3n) is 3.76. The van der Waals surface area contributed by atoms with Crippen LogP contribution in [0, 0.1) is 0 Å². The molecular formula is C17H25N3O3. The van der Waals surface area contributed by atoms with Gasteiger partial charge in [-0.1, -0.05) is 12.1 Å². The minimum absolute atomic E-state index is 0.0348. The van der Waals surface area contributed by atoms with Gasteiger partial charge >= 0.3 is 0 Å². The molecule has 0 atom stereocenters. The van der Waals surface area contributed by atoms with Gasteiger partial charge in [-0.3, -0.25) is 9.59 Å². The fourth-order valence-electron chi connectivity index (χ4n) is 2.52. The number of hydrogen-bond donors (Lipinski definition) is 1. The molecule has 0 unspecified atom stereocenters. The van der Waals surface area contributed by atoms with Crippen LogP contribution >= 0.6 is 0 Å². The molecule has 0 bridgehead atoms. The summed E-state index contributed by atoms with van der Waals surface area (Å²) in [6.07, 6.45) is 0.0771. The Labute approximate surface area is 137 Å². The van der Waals surface area contributed by atoms with Crippen LogP contribution in [0.15, 0.2) is 24.3 Å². The molecule has 0 saturated carbocycles. The molecule has 1 aliphatic heterocycles. The molecule has 1 aliphatic rings. The Morgan fingerprint density at radius 2 is 1.74 bits per heavy atom. The van der Waals surface area contributed by atoms with E-state index in [9.17, 15) is 9.59 Å².